The van der Waals surface area contributed by atoms with E-state index in [9.17, 15) is 12.8 Å². The molecule has 2 fully saturated rings. The van der Waals surface area contributed by atoms with Gasteiger partial charge in [-0.1, -0.05) is 12.1 Å². The van der Waals surface area contributed by atoms with Crippen LogP contribution in [0, 0.1) is 11.7 Å². The third-order valence-electron chi connectivity index (χ3n) is 5.60. The lowest BCUT2D eigenvalue weighted by molar-refractivity contribution is -0.0605. The Bertz CT molecular complexity index is 814. The summed E-state index contributed by atoms with van der Waals surface area (Å²) in [6.07, 6.45) is 2.83. The molecule has 0 saturated carbocycles. The molecule has 2 unspecified atom stereocenters. The molecule has 0 aromatic heterocycles. The number of morpholine rings is 1. The molecule has 1 aromatic rings. The van der Waals surface area contributed by atoms with Gasteiger partial charge in [-0.05, 0) is 43.4 Å². The molecule has 0 radical (unpaired) electrons. The minimum Gasteiger partial charge on any atom is -0.367 e. The fourth-order valence-electron chi connectivity index (χ4n) is 4.00. The molecule has 2 atom stereocenters. The molecule has 1 aromatic carbocycles. The highest BCUT2D eigenvalue weighted by molar-refractivity contribution is 14.0. The van der Waals surface area contributed by atoms with Gasteiger partial charge in [-0.25, -0.2) is 17.1 Å². The normalized spacial score (nSPS) is 24.4. The molecule has 0 amide bonds. The summed E-state index contributed by atoms with van der Waals surface area (Å²) in [7, 11) is -1.33. The van der Waals surface area contributed by atoms with Crippen molar-refractivity contribution in [2.24, 2.45) is 10.9 Å². The van der Waals surface area contributed by atoms with Crippen molar-refractivity contribution in [2.75, 3.05) is 46.0 Å². The first-order chi connectivity index (χ1) is 13.8. The van der Waals surface area contributed by atoms with Crippen molar-refractivity contribution in [1.29, 1.82) is 0 Å². The van der Waals surface area contributed by atoms with Gasteiger partial charge in [0.05, 0.1) is 18.9 Å². The standard InChI is InChI=1S/C20H31FN4O3S.HI/c1-15-13-24(14-19(28-15)17-4-6-18(21)7-5-17)20(22-2)23-12-16-8-10-25(11-9-16)29(3,26)27;/h4-7,15-16,19H,8-14H2,1-3H3,(H,22,23);1H. The zero-order valence-corrected chi connectivity index (χ0v) is 20.9. The number of rotatable bonds is 4. The molecule has 30 heavy (non-hydrogen) atoms. The Morgan fingerprint density at radius 1 is 1.23 bits per heavy atom. The van der Waals surface area contributed by atoms with Crippen molar-refractivity contribution in [3.63, 3.8) is 0 Å². The second-order valence-corrected chi connectivity index (χ2v) is 9.91. The molecule has 2 aliphatic heterocycles. The molecule has 2 heterocycles. The van der Waals surface area contributed by atoms with Crippen molar-refractivity contribution < 1.29 is 17.5 Å². The highest BCUT2D eigenvalue weighted by Crippen LogP contribution is 2.26. The number of guanidine groups is 1. The summed E-state index contributed by atoms with van der Waals surface area (Å²) in [5.74, 6) is 0.975. The summed E-state index contributed by atoms with van der Waals surface area (Å²) in [6, 6.07) is 6.44. The van der Waals surface area contributed by atoms with Crippen molar-refractivity contribution in [3.05, 3.63) is 35.6 Å². The number of sulfonamides is 1. The number of benzene rings is 1. The summed E-state index contributed by atoms with van der Waals surface area (Å²) in [4.78, 5) is 6.61. The van der Waals surface area contributed by atoms with Crippen molar-refractivity contribution >= 4 is 40.0 Å². The topological polar surface area (TPSA) is 74.2 Å². The summed E-state index contributed by atoms with van der Waals surface area (Å²) < 4.78 is 44.2. The molecule has 2 saturated heterocycles. The average Bonchev–Trinajstić information content (AvgIpc) is 2.68. The van der Waals surface area contributed by atoms with Crippen molar-refractivity contribution in [3.8, 4) is 0 Å². The van der Waals surface area contributed by atoms with Gasteiger partial charge in [0.15, 0.2) is 5.96 Å². The van der Waals surface area contributed by atoms with Crippen LogP contribution < -0.4 is 5.32 Å². The van der Waals surface area contributed by atoms with Crippen LogP contribution in [-0.2, 0) is 14.8 Å². The third-order valence-corrected chi connectivity index (χ3v) is 6.91. The lowest BCUT2D eigenvalue weighted by Crippen LogP contribution is -2.52. The molecule has 0 spiro atoms. The number of hydrogen-bond acceptors (Lipinski definition) is 4. The van der Waals surface area contributed by atoms with Crippen LogP contribution in [0.5, 0.6) is 0 Å². The van der Waals surface area contributed by atoms with Gasteiger partial charge in [0.2, 0.25) is 10.0 Å². The second-order valence-electron chi connectivity index (χ2n) is 7.93. The van der Waals surface area contributed by atoms with Crippen LogP contribution in [-0.4, -0.2) is 75.7 Å². The quantitative estimate of drug-likeness (QED) is 0.352. The predicted molar refractivity (Wildman–Crippen MR) is 127 cm³/mol. The number of ether oxygens (including phenoxy) is 1. The zero-order valence-electron chi connectivity index (χ0n) is 17.8. The average molecular weight is 554 g/mol. The number of aliphatic imine (C=N–C) groups is 1. The summed E-state index contributed by atoms with van der Waals surface area (Å²) in [5.41, 5.74) is 0.951. The van der Waals surface area contributed by atoms with Crippen LogP contribution in [0.4, 0.5) is 4.39 Å². The molecule has 3 rings (SSSR count). The largest absolute Gasteiger partial charge is 0.367 e. The number of hydrogen-bond donors (Lipinski definition) is 1. The van der Waals surface area contributed by atoms with E-state index < -0.39 is 10.0 Å². The van der Waals surface area contributed by atoms with Gasteiger partial charge in [-0.2, -0.15) is 0 Å². The van der Waals surface area contributed by atoms with Gasteiger partial charge in [-0.15, -0.1) is 24.0 Å². The van der Waals surface area contributed by atoms with E-state index >= 15 is 0 Å². The van der Waals surface area contributed by atoms with Gasteiger partial charge in [0.1, 0.15) is 11.9 Å². The van der Waals surface area contributed by atoms with Gasteiger partial charge in [0, 0.05) is 33.2 Å². The van der Waals surface area contributed by atoms with Crippen LogP contribution in [0.2, 0.25) is 0 Å². The maximum absolute atomic E-state index is 13.2. The van der Waals surface area contributed by atoms with E-state index in [0.717, 1.165) is 37.5 Å². The first-order valence-corrected chi connectivity index (χ1v) is 11.9. The van der Waals surface area contributed by atoms with Crippen LogP contribution in [0.15, 0.2) is 29.3 Å². The summed E-state index contributed by atoms with van der Waals surface area (Å²) >= 11 is 0. The van der Waals surface area contributed by atoms with Gasteiger partial charge in [-0.3, -0.25) is 4.99 Å². The smallest absolute Gasteiger partial charge is 0.211 e. The van der Waals surface area contributed by atoms with E-state index in [1.54, 1.807) is 23.5 Å². The summed E-state index contributed by atoms with van der Waals surface area (Å²) in [5, 5.41) is 3.46. The minimum atomic E-state index is -3.10. The van der Waals surface area contributed by atoms with Gasteiger partial charge in [0.25, 0.3) is 0 Å². The molecule has 1 N–H and O–H groups in total. The molecule has 170 valence electrons. The third kappa shape index (κ3) is 6.76. The molecule has 0 aliphatic carbocycles. The van der Waals surface area contributed by atoms with E-state index in [0.29, 0.717) is 25.6 Å². The van der Waals surface area contributed by atoms with Crippen molar-refractivity contribution in [1.82, 2.24) is 14.5 Å². The summed E-state index contributed by atoms with van der Waals surface area (Å²) in [6.45, 7) is 5.30. The first-order valence-electron chi connectivity index (χ1n) is 10.1. The first kappa shape index (κ1) is 25.3. The zero-order chi connectivity index (χ0) is 21.0. The molecular formula is C20H32FIN4O3S. The number of piperidine rings is 1. The number of nitrogens with zero attached hydrogens (tertiary/aromatic N) is 3. The highest BCUT2D eigenvalue weighted by atomic mass is 127. The molecule has 2 aliphatic rings. The van der Waals surface area contributed by atoms with E-state index in [1.807, 2.05) is 6.92 Å². The van der Waals surface area contributed by atoms with Crippen LogP contribution in [0.25, 0.3) is 0 Å². The van der Waals surface area contributed by atoms with Crippen LogP contribution in [0.3, 0.4) is 0 Å². The van der Waals surface area contributed by atoms with E-state index in [2.05, 4.69) is 15.2 Å². The predicted octanol–water partition coefficient (Wildman–Crippen LogP) is 2.45. The van der Waals surface area contributed by atoms with Crippen molar-refractivity contribution in [2.45, 2.75) is 32.0 Å². The van der Waals surface area contributed by atoms with Crippen LogP contribution in [0.1, 0.15) is 31.4 Å². The Labute approximate surface area is 196 Å². The Kier molecular flexibility index (Phi) is 9.32. The second kappa shape index (κ2) is 11.1. The molecular weight excluding hydrogens is 522 g/mol. The lowest BCUT2D eigenvalue weighted by Gasteiger charge is -2.39. The van der Waals surface area contributed by atoms with Gasteiger partial charge >= 0.3 is 0 Å². The molecule has 7 nitrogen and oxygen atoms in total. The molecule has 10 heteroatoms. The monoisotopic (exact) mass is 554 g/mol. The fraction of sp³-hybridized carbons (Fsp3) is 0.650. The molecule has 0 bridgehead atoms. The van der Waals surface area contributed by atoms with E-state index in [1.165, 1.54) is 18.4 Å². The van der Waals surface area contributed by atoms with Crippen LogP contribution >= 0.6 is 24.0 Å². The fourth-order valence-corrected chi connectivity index (χ4v) is 4.87. The highest BCUT2D eigenvalue weighted by Gasteiger charge is 2.29. The Balaban J connectivity index is 0.00000320. The Morgan fingerprint density at radius 3 is 2.43 bits per heavy atom. The Hall–Kier alpha value is -0.980. The number of halogens is 2. The minimum absolute atomic E-state index is 0. The maximum Gasteiger partial charge on any atom is 0.211 e. The lowest BCUT2D eigenvalue weighted by atomic mass is 9.98. The maximum atomic E-state index is 13.2. The SMILES string of the molecule is CN=C(NCC1CCN(S(C)(=O)=O)CC1)N1CC(C)OC(c2ccc(F)cc2)C1.I. The Morgan fingerprint density at radius 2 is 1.87 bits per heavy atom. The number of nitrogens with one attached hydrogen (secondary N) is 1. The van der Waals surface area contributed by atoms with E-state index in [4.69, 9.17) is 4.74 Å². The van der Waals surface area contributed by atoms with Gasteiger partial charge < -0.3 is 15.0 Å². The van der Waals surface area contributed by atoms with E-state index in [-0.39, 0.29) is 42.0 Å².